The molecule has 108 valence electrons. The van der Waals surface area contributed by atoms with Crippen LogP contribution in [0.4, 0.5) is 10.1 Å². The lowest BCUT2D eigenvalue weighted by atomic mass is 10.2. The largest absolute Gasteiger partial charge is 0.454 e. The molecular formula is C14H8BrClFNO3. The maximum absolute atomic E-state index is 13.2. The fourth-order valence-corrected chi connectivity index (χ4v) is 2.78. The zero-order chi connectivity index (χ0) is 15.0. The van der Waals surface area contributed by atoms with Crippen LogP contribution in [-0.4, -0.2) is 12.7 Å². The molecule has 2 aromatic rings. The maximum atomic E-state index is 13.2. The Labute approximate surface area is 132 Å². The average Bonchev–Trinajstić information content (AvgIpc) is 2.89. The van der Waals surface area contributed by atoms with Gasteiger partial charge in [0, 0.05) is 10.0 Å². The van der Waals surface area contributed by atoms with Gasteiger partial charge in [0.25, 0.3) is 5.91 Å². The molecule has 1 aliphatic heterocycles. The number of ether oxygens (including phenoxy) is 2. The van der Waals surface area contributed by atoms with Gasteiger partial charge in [0.15, 0.2) is 11.5 Å². The molecule has 0 saturated heterocycles. The molecule has 1 heterocycles. The van der Waals surface area contributed by atoms with Crippen molar-refractivity contribution >= 4 is 39.1 Å². The number of rotatable bonds is 2. The second kappa shape index (κ2) is 5.54. The van der Waals surface area contributed by atoms with Crippen molar-refractivity contribution in [1.29, 1.82) is 0 Å². The van der Waals surface area contributed by atoms with E-state index in [2.05, 4.69) is 21.2 Å². The number of nitrogens with one attached hydrogen (secondary N) is 1. The van der Waals surface area contributed by atoms with Crippen LogP contribution in [0.5, 0.6) is 11.5 Å². The van der Waals surface area contributed by atoms with Gasteiger partial charge in [0.1, 0.15) is 5.82 Å². The highest BCUT2D eigenvalue weighted by atomic mass is 79.9. The third-order valence-electron chi connectivity index (χ3n) is 2.88. The number of benzene rings is 2. The standard InChI is InChI=1S/C14H8BrClFNO3/c15-9-4-8(17)5-10(16)13(9)18-14(19)7-1-2-11-12(3-7)21-6-20-11/h1-5H,6H2,(H,18,19). The minimum absolute atomic E-state index is 0.107. The van der Waals surface area contributed by atoms with Crippen LogP contribution in [0.2, 0.25) is 5.02 Å². The molecule has 1 amide bonds. The van der Waals surface area contributed by atoms with Crippen LogP contribution in [-0.2, 0) is 0 Å². The van der Waals surface area contributed by atoms with Crippen molar-refractivity contribution in [3.63, 3.8) is 0 Å². The smallest absolute Gasteiger partial charge is 0.255 e. The van der Waals surface area contributed by atoms with E-state index < -0.39 is 5.82 Å². The molecule has 7 heteroatoms. The van der Waals surface area contributed by atoms with E-state index in [0.29, 0.717) is 27.2 Å². The molecule has 0 radical (unpaired) electrons. The van der Waals surface area contributed by atoms with E-state index in [1.807, 2.05) is 0 Å². The fraction of sp³-hybridized carbons (Fsp3) is 0.0714. The Hall–Kier alpha value is -1.79. The summed E-state index contributed by atoms with van der Waals surface area (Å²) < 4.78 is 23.9. The van der Waals surface area contributed by atoms with Crippen molar-refractivity contribution in [3.05, 3.63) is 51.2 Å². The van der Waals surface area contributed by atoms with Gasteiger partial charge in [-0.25, -0.2) is 4.39 Å². The molecule has 0 aromatic heterocycles. The lowest BCUT2D eigenvalue weighted by Crippen LogP contribution is -2.12. The van der Waals surface area contributed by atoms with Gasteiger partial charge in [0.05, 0.1) is 10.7 Å². The first-order valence-corrected chi connectivity index (χ1v) is 7.07. The Morgan fingerprint density at radius 2 is 2.00 bits per heavy atom. The minimum atomic E-state index is -0.493. The highest BCUT2D eigenvalue weighted by molar-refractivity contribution is 9.10. The van der Waals surface area contributed by atoms with E-state index in [4.69, 9.17) is 21.1 Å². The van der Waals surface area contributed by atoms with Gasteiger partial charge in [-0.2, -0.15) is 0 Å². The van der Waals surface area contributed by atoms with Gasteiger partial charge in [-0.15, -0.1) is 0 Å². The molecule has 0 bridgehead atoms. The number of carbonyl (C=O) groups is 1. The van der Waals surface area contributed by atoms with Crippen molar-refractivity contribution in [2.45, 2.75) is 0 Å². The van der Waals surface area contributed by atoms with Crippen molar-refractivity contribution < 1.29 is 18.7 Å². The van der Waals surface area contributed by atoms with E-state index in [-0.39, 0.29) is 17.7 Å². The van der Waals surface area contributed by atoms with E-state index in [1.165, 1.54) is 6.07 Å². The molecule has 1 aliphatic rings. The Kier molecular flexibility index (Phi) is 3.73. The highest BCUT2D eigenvalue weighted by Gasteiger charge is 2.18. The zero-order valence-electron chi connectivity index (χ0n) is 10.5. The van der Waals surface area contributed by atoms with Crippen LogP contribution in [0.3, 0.4) is 0 Å². The monoisotopic (exact) mass is 371 g/mol. The van der Waals surface area contributed by atoms with Crippen LogP contribution in [0.1, 0.15) is 10.4 Å². The third kappa shape index (κ3) is 2.82. The molecule has 21 heavy (non-hydrogen) atoms. The quantitative estimate of drug-likeness (QED) is 0.858. The van der Waals surface area contributed by atoms with Gasteiger partial charge in [-0.3, -0.25) is 4.79 Å². The van der Waals surface area contributed by atoms with Crippen molar-refractivity contribution in [1.82, 2.24) is 0 Å². The topological polar surface area (TPSA) is 47.6 Å². The summed E-state index contributed by atoms with van der Waals surface area (Å²) in [5, 5.41) is 2.74. The predicted molar refractivity (Wildman–Crippen MR) is 79.6 cm³/mol. The lowest BCUT2D eigenvalue weighted by molar-refractivity contribution is 0.102. The van der Waals surface area contributed by atoms with Crippen LogP contribution in [0, 0.1) is 5.82 Å². The lowest BCUT2D eigenvalue weighted by Gasteiger charge is -2.10. The van der Waals surface area contributed by atoms with Gasteiger partial charge < -0.3 is 14.8 Å². The summed E-state index contributed by atoms with van der Waals surface area (Å²) in [7, 11) is 0. The van der Waals surface area contributed by atoms with Gasteiger partial charge >= 0.3 is 0 Å². The molecular weight excluding hydrogens is 365 g/mol. The summed E-state index contributed by atoms with van der Waals surface area (Å²) in [6, 6.07) is 7.18. The van der Waals surface area contributed by atoms with E-state index in [1.54, 1.807) is 18.2 Å². The number of amides is 1. The average molecular weight is 373 g/mol. The van der Waals surface area contributed by atoms with Crippen molar-refractivity contribution in [2.75, 3.05) is 12.1 Å². The molecule has 0 fully saturated rings. The van der Waals surface area contributed by atoms with Crippen LogP contribution < -0.4 is 14.8 Å². The van der Waals surface area contributed by atoms with Crippen LogP contribution in [0.25, 0.3) is 0 Å². The van der Waals surface area contributed by atoms with Crippen molar-refractivity contribution in [2.24, 2.45) is 0 Å². The first kappa shape index (κ1) is 14.2. The number of hydrogen-bond acceptors (Lipinski definition) is 3. The molecule has 0 unspecified atom stereocenters. The highest BCUT2D eigenvalue weighted by Crippen LogP contribution is 2.34. The third-order valence-corrected chi connectivity index (χ3v) is 3.80. The van der Waals surface area contributed by atoms with E-state index in [9.17, 15) is 9.18 Å². The van der Waals surface area contributed by atoms with Gasteiger partial charge in [-0.1, -0.05) is 11.6 Å². The van der Waals surface area contributed by atoms with E-state index >= 15 is 0 Å². The molecule has 1 N–H and O–H groups in total. The Morgan fingerprint density at radius 1 is 1.24 bits per heavy atom. The number of hydrogen-bond donors (Lipinski definition) is 1. The predicted octanol–water partition coefficient (Wildman–Crippen LogP) is 4.22. The van der Waals surface area contributed by atoms with Gasteiger partial charge in [0.2, 0.25) is 6.79 Å². The first-order valence-electron chi connectivity index (χ1n) is 5.90. The van der Waals surface area contributed by atoms with Gasteiger partial charge in [-0.05, 0) is 46.3 Å². The van der Waals surface area contributed by atoms with E-state index in [0.717, 1.165) is 6.07 Å². The molecule has 0 aliphatic carbocycles. The number of anilines is 1. The van der Waals surface area contributed by atoms with Crippen LogP contribution in [0.15, 0.2) is 34.8 Å². The van der Waals surface area contributed by atoms with Crippen LogP contribution >= 0.6 is 27.5 Å². The number of carbonyl (C=O) groups excluding carboxylic acids is 1. The summed E-state index contributed by atoms with van der Waals surface area (Å²) in [4.78, 5) is 12.2. The molecule has 0 atom stereocenters. The maximum Gasteiger partial charge on any atom is 0.255 e. The Morgan fingerprint density at radius 3 is 2.76 bits per heavy atom. The second-order valence-electron chi connectivity index (χ2n) is 4.27. The molecule has 4 nitrogen and oxygen atoms in total. The summed E-state index contributed by atoms with van der Waals surface area (Å²) in [5.74, 6) is 0.218. The zero-order valence-corrected chi connectivity index (χ0v) is 12.8. The summed E-state index contributed by atoms with van der Waals surface area (Å²) in [6.07, 6.45) is 0. The Balaban J connectivity index is 1.87. The molecule has 0 spiro atoms. The number of fused-ring (bicyclic) bond motifs is 1. The molecule has 3 rings (SSSR count). The summed E-state index contributed by atoms with van der Waals surface area (Å²) in [5.41, 5.74) is 0.687. The molecule has 0 saturated carbocycles. The normalized spacial score (nSPS) is 12.3. The minimum Gasteiger partial charge on any atom is -0.454 e. The van der Waals surface area contributed by atoms with Crippen molar-refractivity contribution in [3.8, 4) is 11.5 Å². The molecule has 2 aromatic carbocycles. The summed E-state index contributed by atoms with van der Waals surface area (Å²) in [6.45, 7) is 0.135. The number of halogens is 3. The summed E-state index contributed by atoms with van der Waals surface area (Å²) >= 11 is 9.10. The first-order chi connectivity index (χ1) is 10.0. The SMILES string of the molecule is O=C(Nc1c(Cl)cc(F)cc1Br)c1ccc2c(c1)OCO2. The fourth-order valence-electron chi connectivity index (χ4n) is 1.89. The second-order valence-corrected chi connectivity index (χ2v) is 5.53. The Bertz CT molecular complexity index is 715.